The molecule has 5 nitrogen and oxygen atoms in total. The average Bonchev–Trinajstić information content (AvgIpc) is 2.88. The van der Waals surface area contributed by atoms with Crippen LogP contribution in [0.5, 0.6) is 23.0 Å². The number of nitrogens with zero attached hydrogens (tertiary/aromatic N) is 1. The maximum absolute atomic E-state index is 9.77. The van der Waals surface area contributed by atoms with E-state index < -0.39 is 16.6 Å². The Morgan fingerprint density at radius 3 is 1.86 bits per heavy atom. The Kier molecular flexibility index (Phi) is 8.97. The molecular weight excluding hydrogens is 567 g/mol. The molecular formula is C36H53NO4Si2. The molecule has 0 atom stereocenters. The Bertz CT molecular complexity index is 1430. The maximum Gasteiger partial charge on any atom is 0.250 e. The molecule has 0 unspecified atom stereocenters. The second-order valence-corrected chi connectivity index (χ2v) is 25.2. The molecule has 0 amide bonds. The van der Waals surface area contributed by atoms with Crippen LogP contribution in [0.3, 0.4) is 0 Å². The molecule has 3 aromatic rings. The van der Waals surface area contributed by atoms with Gasteiger partial charge in [0.2, 0.25) is 0 Å². The minimum Gasteiger partial charge on any atom is -0.541 e. The van der Waals surface area contributed by atoms with Crippen molar-refractivity contribution >= 4 is 16.6 Å². The van der Waals surface area contributed by atoms with E-state index in [2.05, 4.69) is 123 Å². The van der Waals surface area contributed by atoms with E-state index in [1.54, 1.807) is 12.1 Å². The van der Waals surface area contributed by atoms with Crippen molar-refractivity contribution in [2.75, 3.05) is 6.73 Å². The zero-order chi connectivity index (χ0) is 32.0. The van der Waals surface area contributed by atoms with Crippen molar-refractivity contribution in [3.63, 3.8) is 0 Å². The Morgan fingerprint density at radius 1 is 0.721 bits per heavy atom. The van der Waals surface area contributed by atoms with Gasteiger partial charge in [-0.15, -0.1) is 0 Å². The molecule has 0 aliphatic carbocycles. The Hall–Kier alpha value is -2.75. The van der Waals surface area contributed by atoms with Crippen LogP contribution in [0.4, 0.5) is 0 Å². The standard InChI is InChI=1S/C36H53NO4Si2/c1-34(2,3)42(9,10)40-32-19-13-26(21-33(32)41-43(11,12)35(4,5)6)23-37-24-27-22-29(16-20-31(27)39-25-37)36(7,8)28-14-17-30(38)18-15-28/h13-22,38H,23-25H2,1-12H3. The van der Waals surface area contributed by atoms with Crippen molar-refractivity contribution in [1.29, 1.82) is 0 Å². The Morgan fingerprint density at radius 2 is 1.28 bits per heavy atom. The molecule has 43 heavy (non-hydrogen) atoms. The number of phenols is 1. The third-order valence-corrected chi connectivity index (χ3v) is 18.6. The molecule has 0 saturated carbocycles. The van der Waals surface area contributed by atoms with Gasteiger partial charge >= 0.3 is 0 Å². The number of aromatic hydroxyl groups is 1. The third-order valence-electron chi connectivity index (χ3n) is 9.92. The second kappa shape index (κ2) is 11.6. The summed E-state index contributed by atoms with van der Waals surface area (Å²) in [6.07, 6.45) is 0. The zero-order valence-electron chi connectivity index (χ0n) is 28.5. The molecule has 7 heteroatoms. The minimum absolute atomic E-state index is 0.0767. The van der Waals surface area contributed by atoms with Crippen molar-refractivity contribution in [1.82, 2.24) is 4.90 Å². The summed E-state index contributed by atoms with van der Waals surface area (Å²) in [5.41, 5.74) is 4.55. The first-order valence-electron chi connectivity index (χ1n) is 15.5. The highest BCUT2D eigenvalue weighted by atomic mass is 28.4. The summed E-state index contributed by atoms with van der Waals surface area (Å²) in [5, 5.41) is 9.94. The predicted octanol–water partition coefficient (Wildman–Crippen LogP) is 9.84. The number of hydrogen-bond donors (Lipinski definition) is 1. The largest absolute Gasteiger partial charge is 0.541 e. The highest BCUT2D eigenvalue weighted by molar-refractivity contribution is 6.75. The van der Waals surface area contributed by atoms with Gasteiger partial charge in [0.05, 0.1) is 0 Å². The summed E-state index contributed by atoms with van der Waals surface area (Å²) in [4.78, 5) is 2.33. The number of benzene rings is 3. The van der Waals surface area contributed by atoms with Crippen LogP contribution in [0.15, 0.2) is 60.7 Å². The molecule has 0 aromatic heterocycles. The van der Waals surface area contributed by atoms with Gasteiger partial charge in [-0.25, -0.2) is 0 Å². The molecule has 0 spiro atoms. The highest BCUT2D eigenvalue weighted by Gasteiger charge is 2.42. The molecule has 1 heterocycles. The summed E-state index contributed by atoms with van der Waals surface area (Å²) < 4.78 is 20.0. The van der Waals surface area contributed by atoms with E-state index in [0.717, 1.165) is 35.9 Å². The lowest BCUT2D eigenvalue weighted by Gasteiger charge is -2.40. The predicted molar refractivity (Wildman–Crippen MR) is 184 cm³/mol. The first kappa shape index (κ1) is 33.2. The van der Waals surface area contributed by atoms with Crippen molar-refractivity contribution in [2.24, 2.45) is 0 Å². The molecule has 234 valence electrons. The topological polar surface area (TPSA) is 51.2 Å². The average molecular weight is 620 g/mol. The lowest BCUT2D eigenvalue weighted by atomic mass is 9.77. The molecule has 0 radical (unpaired) electrons. The first-order valence-corrected chi connectivity index (χ1v) is 21.3. The molecule has 0 saturated heterocycles. The fourth-order valence-corrected chi connectivity index (χ4v) is 6.80. The molecule has 0 bridgehead atoms. The minimum atomic E-state index is -2.09. The molecule has 1 aliphatic heterocycles. The molecule has 3 aromatic carbocycles. The zero-order valence-corrected chi connectivity index (χ0v) is 30.5. The molecule has 1 N–H and O–H groups in total. The normalized spacial score (nSPS) is 15.1. The van der Waals surface area contributed by atoms with Crippen LogP contribution in [-0.2, 0) is 18.5 Å². The van der Waals surface area contributed by atoms with Crippen LogP contribution in [0.25, 0.3) is 0 Å². The van der Waals surface area contributed by atoms with E-state index in [9.17, 15) is 5.11 Å². The smallest absolute Gasteiger partial charge is 0.250 e. The van der Waals surface area contributed by atoms with Crippen LogP contribution in [0.1, 0.15) is 77.6 Å². The summed E-state index contributed by atoms with van der Waals surface area (Å²) in [5.74, 6) is 2.96. The first-order chi connectivity index (χ1) is 19.7. The Balaban J connectivity index is 1.59. The van der Waals surface area contributed by atoms with Gasteiger partial charge in [0.25, 0.3) is 16.6 Å². The van der Waals surface area contributed by atoms with Gasteiger partial charge in [0.15, 0.2) is 0 Å². The van der Waals surface area contributed by atoms with Gasteiger partial charge in [-0.05, 0) is 89.4 Å². The lowest BCUT2D eigenvalue weighted by Crippen LogP contribution is -2.45. The van der Waals surface area contributed by atoms with E-state index in [1.165, 1.54) is 16.7 Å². The quantitative estimate of drug-likeness (QED) is 0.254. The number of ether oxygens (including phenoxy) is 1. The van der Waals surface area contributed by atoms with Gasteiger partial charge in [0.1, 0.15) is 29.7 Å². The Labute approximate surface area is 262 Å². The molecule has 0 fully saturated rings. The van der Waals surface area contributed by atoms with Crippen molar-refractivity contribution < 1.29 is 18.7 Å². The SMILES string of the molecule is CC(C)(c1ccc(O)cc1)c1ccc2c(c1)CN(Cc1ccc(O[Si](C)(C)C(C)(C)C)c(O[Si](C)(C)C(C)(C)C)c1)CO2. The van der Waals surface area contributed by atoms with Crippen molar-refractivity contribution in [3.05, 3.63) is 82.9 Å². The van der Waals surface area contributed by atoms with Crippen LogP contribution < -0.4 is 13.6 Å². The van der Waals surface area contributed by atoms with Crippen LogP contribution in [0, 0.1) is 0 Å². The fourth-order valence-electron chi connectivity index (χ4n) is 4.76. The summed E-state index contributed by atoms with van der Waals surface area (Å²) in [7, 11) is -4.15. The second-order valence-electron chi connectivity index (χ2n) is 15.8. The summed E-state index contributed by atoms with van der Waals surface area (Å²) in [6, 6.07) is 20.5. The monoisotopic (exact) mass is 619 g/mol. The third kappa shape index (κ3) is 7.32. The van der Waals surface area contributed by atoms with Gasteiger partial charge in [0, 0.05) is 24.1 Å². The van der Waals surface area contributed by atoms with E-state index in [4.69, 9.17) is 13.6 Å². The lowest BCUT2D eigenvalue weighted by molar-refractivity contribution is 0.0885. The number of phenolic OH excluding ortho intramolecular Hbond substituents is 1. The van der Waals surface area contributed by atoms with E-state index in [-0.39, 0.29) is 21.2 Å². The van der Waals surface area contributed by atoms with Crippen LogP contribution in [-0.4, -0.2) is 33.4 Å². The van der Waals surface area contributed by atoms with E-state index in [1.807, 2.05) is 12.1 Å². The maximum atomic E-state index is 9.77. The van der Waals surface area contributed by atoms with Crippen LogP contribution >= 0.6 is 0 Å². The summed E-state index contributed by atoms with van der Waals surface area (Å²) >= 11 is 0. The highest BCUT2D eigenvalue weighted by Crippen LogP contribution is 2.44. The van der Waals surface area contributed by atoms with Gasteiger partial charge < -0.3 is 18.7 Å². The number of fused-ring (bicyclic) bond motifs is 1. The van der Waals surface area contributed by atoms with E-state index >= 15 is 0 Å². The van der Waals surface area contributed by atoms with E-state index in [0.29, 0.717) is 6.73 Å². The fraction of sp³-hybridized carbons (Fsp3) is 0.500. The summed E-state index contributed by atoms with van der Waals surface area (Å²) in [6.45, 7) is 29.3. The van der Waals surface area contributed by atoms with Gasteiger partial charge in [-0.2, -0.15) is 0 Å². The van der Waals surface area contributed by atoms with Crippen molar-refractivity contribution in [3.8, 4) is 23.0 Å². The van der Waals surface area contributed by atoms with Gasteiger partial charge in [-0.1, -0.05) is 79.7 Å². The number of hydrogen-bond acceptors (Lipinski definition) is 5. The number of rotatable bonds is 8. The van der Waals surface area contributed by atoms with Gasteiger partial charge in [-0.3, -0.25) is 4.90 Å². The molecule has 1 aliphatic rings. The van der Waals surface area contributed by atoms with Crippen LogP contribution in [0.2, 0.25) is 36.3 Å². The van der Waals surface area contributed by atoms with Crippen molar-refractivity contribution in [2.45, 2.75) is 110 Å². The molecule has 4 rings (SSSR count).